The second kappa shape index (κ2) is 7.34. The van der Waals surface area contributed by atoms with Crippen LogP contribution >= 0.6 is 0 Å². The van der Waals surface area contributed by atoms with Crippen LogP contribution in [0.2, 0.25) is 0 Å². The number of halogens is 3. The number of sulfonamides is 1. The van der Waals surface area contributed by atoms with Crippen LogP contribution in [0.3, 0.4) is 0 Å². The number of β-amino-alcohol motifs (C(OH)–C–C–N with tert-alkyl or cyclic N) is 1. The molecule has 0 unspecified atom stereocenters. The van der Waals surface area contributed by atoms with Crippen molar-refractivity contribution in [1.29, 1.82) is 0 Å². The second-order valence-electron chi connectivity index (χ2n) is 6.59. The molecule has 146 valence electrons. The third-order valence-electron chi connectivity index (χ3n) is 4.83. The van der Waals surface area contributed by atoms with E-state index in [1.807, 2.05) is 0 Å². The minimum atomic E-state index is -4.81. The Morgan fingerprint density at radius 2 is 1.65 bits per heavy atom. The molecule has 26 heavy (non-hydrogen) atoms. The van der Waals surface area contributed by atoms with Crippen molar-refractivity contribution in [2.24, 2.45) is 0 Å². The van der Waals surface area contributed by atoms with Gasteiger partial charge in [-0.25, -0.2) is 8.42 Å². The van der Waals surface area contributed by atoms with Crippen molar-refractivity contribution >= 4 is 10.0 Å². The van der Waals surface area contributed by atoms with E-state index >= 15 is 0 Å². The van der Waals surface area contributed by atoms with E-state index in [4.69, 9.17) is 0 Å². The maximum Gasteiger partial charge on any atom is 0.573 e. The highest BCUT2D eigenvalue weighted by molar-refractivity contribution is 7.89. The van der Waals surface area contributed by atoms with E-state index in [1.54, 1.807) is 0 Å². The van der Waals surface area contributed by atoms with Crippen LogP contribution in [0.5, 0.6) is 5.75 Å². The molecule has 0 spiro atoms. The van der Waals surface area contributed by atoms with Gasteiger partial charge in [0.1, 0.15) is 5.75 Å². The summed E-state index contributed by atoms with van der Waals surface area (Å²) in [6.07, 6.45) is -3.05. The van der Waals surface area contributed by atoms with Gasteiger partial charge in [0.05, 0.1) is 11.0 Å². The first kappa shape index (κ1) is 19.4. The number of alkyl halides is 3. The van der Waals surface area contributed by atoms with E-state index in [0.717, 1.165) is 37.2 Å². The normalized spacial score (nSPS) is 24.1. The fraction of sp³-hybridized carbons (Fsp3) is 0.625. The molecular formula is C16H21F3N2O4S. The molecule has 0 saturated carbocycles. The maximum absolute atomic E-state index is 12.7. The zero-order chi connectivity index (χ0) is 18.9. The summed E-state index contributed by atoms with van der Waals surface area (Å²) in [5, 5.41) is 9.62. The van der Waals surface area contributed by atoms with E-state index in [2.05, 4.69) is 9.64 Å². The number of piperidine rings is 1. The van der Waals surface area contributed by atoms with Crippen molar-refractivity contribution in [2.45, 2.75) is 42.7 Å². The minimum absolute atomic E-state index is 0.0536. The highest BCUT2D eigenvalue weighted by Gasteiger charge is 2.34. The van der Waals surface area contributed by atoms with E-state index in [9.17, 15) is 26.7 Å². The number of ether oxygens (including phenoxy) is 1. The fourth-order valence-corrected chi connectivity index (χ4v) is 4.98. The third kappa shape index (κ3) is 4.48. The van der Waals surface area contributed by atoms with Crippen molar-refractivity contribution in [1.82, 2.24) is 9.21 Å². The summed E-state index contributed by atoms with van der Waals surface area (Å²) in [6, 6.07) is 4.50. The van der Waals surface area contributed by atoms with Crippen LogP contribution in [-0.2, 0) is 10.0 Å². The number of hydrogen-bond donors (Lipinski definition) is 1. The topological polar surface area (TPSA) is 70.1 Å². The van der Waals surface area contributed by atoms with Crippen molar-refractivity contribution in [3.8, 4) is 5.75 Å². The number of likely N-dealkylation sites (tertiary alicyclic amines) is 1. The smallest absolute Gasteiger partial charge is 0.406 e. The van der Waals surface area contributed by atoms with Gasteiger partial charge >= 0.3 is 6.36 Å². The Hall–Kier alpha value is -1.36. The van der Waals surface area contributed by atoms with Gasteiger partial charge in [0.25, 0.3) is 0 Å². The Morgan fingerprint density at radius 3 is 2.15 bits per heavy atom. The Balaban J connectivity index is 1.62. The van der Waals surface area contributed by atoms with Crippen LogP contribution in [-0.4, -0.2) is 67.4 Å². The molecular weight excluding hydrogens is 373 g/mol. The van der Waals surface area contributed by atoms with E-state index < -0.39 is 22.1 Å². The molecule has 2 fully saturated rings. The zero-order valence-corrected chi connectivity index (χ0v) is 14.8. The Kier molecular flexibility index (Phi) is 5.48. The molecule has 2 saturated heterocycles. The predicted molar refractivity (Wildman–Crippen MR) is 87.1 cm³/mol. The monoisotopic (exact) mass is 394 g/mol. The average Bonchev–Trinajstić information content (AvgIpc) is 3.00. The maximum atomic E-state index is 12.7. The van der Waals surface area contributed by atoms with Gasteiger partial charge in [-0.1, -0.05) is 0 Å². The number of rotatable bonds is 4. The molecule has 10 heteroatoms. The molecule has 2 aliphatic heterocycles. The molecule has 0 aliphatic carbocycles. The quantitative estimate of drug-likeness (QED) is 0.844. The Labute approximate surface area is 150 Å². The number of hydrogen-bond acceptors (Lipinski definition) is 5. The summed E-state index contributed by atoms with van der Waals surface area (Å²) < 4.78 is 67.0. The van der Waals surface area contributed by atoms with Crippen LogP contribution in [0.15, 0.2) is 29.2 Å². The number of benzene rings is 1. The molecule has 6 nitrogen and oxygen atoms in total. The first-order valence-electron chi connectivity index (χ1n) is 8.43. The molecule has 0 radical (unpaired) electrons. The lowest BCUT2D eigenvalue weighted by atomic mass is 10.1. The molecule has 3 rings (SSSR count). The van der Waals surface area contributed by atoms with E-state index in [0.29, 0.717) is 32.5 Å². The van der Waals surface area contributed by atoms with Crippen molar-refractivity contribution in [3.63, 3.8) is 0 Å². The number of aliphatic hydroxyl groups is 1. The molecule has 1 N–H and O–H groups in total. The van der Waals surface area contributed by atoms with Gasteiger partial charge in [-0.05, 0) is 43.5 Å². The standard InChI is InChI=1S/C16H21F3N2O4S/c17-16(18,19)25-14-1-3-15(4-2-14)26(23,24)21-9-5-12(6-10-21)20-8-7-13(22)11-20/h1-4,12-13,22H,5-11H2/t13-/m1/s1. The molecule has 1 atom stereocenters. The molecule has 2 heterocycles. The van der Waals surface area contributed by atoms with Crippen LogP contribution in [0, 0.1) is 0 Å². The molecule has 0 aromatic heterocycles. The fourth-order valence-electron chi connectivity index (χ4n) is 3.51. The van der Waals surface area contributed by atoms with E-state index in [1.165, 1.54) is 4.31 Å². The van der Waals surface area contributed by atoms with Gasteiger partial charge in [0, 0.05) is 32.2 Å². The number of nitrogens with zero attached hydrogens (tertiary/aromatic N) is 2. The number of aliphatic hydroxyl groups excluding tert-OH is 1. The van der Waals surface area contributed by atoms with Crippen LogP contribution in [0.4, 0.5) is 13.2 Å². The summed E-state index contributed by atoms with van der Waals surface area (Å²) in [4.78, 5) is 2.14. The average molecular weight is 394 g/mol. The first-order chi connectivity index (χ1) is 12.1. The molecule has 1 aromatic carbocycles. The van der Waals surface area contributed by atoms with Crippen LogP contribution in [0.25, 0.3) is 0 Å². The molecule has 0 bridgehead atoms. The zero-order valence-electron chi connectivity index (χ0n) is 14.0. The predicted octanol–water partition coefficient (Wildman–Crippen LogP) is 1.80. The second-order valence-corrected chi connectivity index (χ2v) is 8.53. The summed E-state index contributed by atoms with van der Waals surface area (Å²) in [5.74, 6) is -0.456. The van der Waals surface area contributed by atoms with Gasteiger partial charge in [-0.2, -0.15) is 4.31 Å². The van der Waals surface area contributed by atoms with Crippen molar-refractivity contribution in [2.75, 3.05) is 26.2 Å². The summed E-state index contributed by atoms with van der Waals surface area (Å²) in [6.45, 7) is 2.14. The summed E-state index contributed by atoms with van der Waals surface area (Å²) >= 11 is 0. The summed E-state index contributed by atoms with van der Waals surface area (Å²) in [7, 11) is -3.75. The van der Waals surface area contributed by atoms with Gasteiger partial charge in [-0.3, -0.25) is 4.90 Å². The van der Waals surface area contributed by atoms with Gasteiger partial charge in [-0.15, -0.1) is 13.2 Å². The highest BCUT2D eigenvalue weighted by atomic mass is 32.2. The Bertz CT molecular complexity index is 716. The van der Waals surface area contributed by atoms with E-state index in [-0.39, 0.29) is 17.0 Å². The van der Waals surface area contributed by atoms with Crippen molar-refractivity contribution in [3.05, 3.63) is 24.3 Å². The highest BCUT2D eigenvalue weighted by Crippen LogP contribution is 2.28. The SMILES string of the molecule is O=S(=O)(c1ccc(OC(F)(F)F)cc1)N1CCC(N2CC[C@@H](O)C2)CC1. The largest absolute Gasteiger partial charge is 0.573 e. The lowest BCUT2D eigenvalue weighted by Crippen LogP contribution is -2.46. The summed E-state index contributed by atoms with van der Waals surface area (Å²) in [5.41, 5.74) is 0. The van der Waals surface area contributed by atoms with Gasteiger partial charge in [0.2, 0.25) is 10.0 Å². The molecule has 2 aliphatic rings. The van der Waals surface area contributed by atoms with Gasteiger partial charge in [0.15, 0.2) is 0 Å². The molecule has 1 aromatic rings. The van der Waals surface area contributed by atoms with Crippen LogP contribution in [0.1, 0.15) is 19.3 Å². The lowest BCUT2D eigenvalue weighted by Gasteiger charge is -2.36. The Morgan fingerprint density at radius 1 is 1.04 bits per heavy atom. The minimum Gasteiger partial charge on any atom is -0.406 e. The molecule has 0 amide bonds. The van der Waals surface area contributed by atoms with Crippen LogP contribution < -0.4 is 4.74 Å². The van der Waals surface area contributed by atoms with Gasteiger partial charge < -0.3 is 9.84 Å². The third-order valence-corrected chi connectivity index (χ3v) is 6.74. The first-order valence-corrected chi connectivity index (χ1v) is 9.87. The van der Waals surface area contributed by atoms with Crippen molar-refractivity contribution < 1.29 is 31.4 Å². The lowest BCUT2D eigenvalue weighted by molar-refractivity contribution is -0.274.